The zero-order chi connectivity index (χ0) is 18.1. The molecule has 5 nitrogen and oxygen atoms in total. The number of benzene rings is 2. The summed E-state index contributed by atoms with van der Waals surface area (Å²) in [7, 11) is 3.21. The minimum Gasteiger partial charge on any atom is -0.493 e. The largest absolute Gasteiger partial charge is 0.493 e. The lowest BCUT2D eigenvalue weighted by atomic mass is 10.1. The molecule has 0 atom stereocenters. The molecule has 1 aliphatic rings. The summed E-state index contributed by atoms with van der Waals surface area (Å²) in [5, 5.41) is 1.23. The Bertz CT molecular complexity index is 961. The van der Waals surface area contributed by atoms with Crippen LogP contribution >= 0.6 is 0 Å². The van der Waals surface area contributed by atoms with Crippen molar-refractivity contribution in [2.24, 2.45) is 0 Å². The topological polar surface area (TPSA) is 43.7 Å². The number of amides is 1. The fourth-order valence-electron chi connectivity index (χ4n) is 3.65. The number of rotatable bonds is 4. The maximum Gasteiger partial charge on any atom is 0.227 e. The lowest BCUT2D eigenvalue weighted by molar-refractivity contribution is -0.131. The number of ether oxygens (including phenoxy) is 2. The summed E-state index contributed by atoms with van der Waals surface area (Å²) in [4.78, 5) is 14.7. The Labute approximate surface area is 152 Å². The van der Waals surface area contributed by atoms with E-state index in [4.69, 9.17) is 9.47 Å². The fraction of sp³-hybridized carbons (Fsp3) is 0.286. The van der Waals surface area contributed by atoms with Gasteiger partial charge in [0.25, 0.3) is 0 Å². The molecular weight excluding hydrogens is 328 g/mol. The number of para-hydroxylation sites is 1. The van der Waals surface area contributed by atoms with Gasteiger partial charge in [-0.15, -0.1) is 0 Å². The number of nitrogens with zero attached hydrogens (tertiary/aromatic N) is 2. The Hall–Kier alpha value is -2.95. The zero-order valence-corrected chi connectivity index (χ0v) is 15.1. The van der Waals surface area contributed by atoms with Crippen molar-refractivity contribution in [1.29, 1.82) is 0 Å². The van der Waals surface area contributed by atoms with Crippen LogP contribution in [-0.2, 0) is 24.3 Å². The Morgan fingerprint density at radius 3 is 2.62 bits per heavy atom. The number of hydrogen-bond acceptors (Lipinski definition) is 3. The molecular formula is C21H22N2O3. The molecule has 0 spiro atoms. The molecule has 0 radical (unpaired) electrons. The number of carbonyl (C=O) groups excluding carboxylic acids is 1. The lowest BCUT2D eigenvalue weighted by Gasteiger charge is -2.29. The van der Waals surface area contributed by atoms with Crippen molar-refractivity contribution in [3.05, 3.63) is 59.8 Å². The highest BCUT2D eigenvalue weighted by Crippen LogP contribution is 2.28. The summed E-state index contributed by atoms with van der Waals surface area (Å²) in [5.41, 5.74) is 3.37. The van der Waals surface area contributed by atoms with Crippen LogP contribution in [0.5, 0.6) is 11.5 Å². The molecule has 3 aromatic rings. The Morgan fingerprint density at radius 1 is 1.00 bits per heavy atom. The molecule has 0 fully saturated rings. The third-order valence-electron chi connectivity index (χ3n) is 5.00. The summed E-state index contributed by atoms with van der Waals surface area (Å²) < 4.78 is 12.9. The Kier molecular flexibility index (Phi) is 4.29. The quantitative estimate of drug-likeness (QED) is 0.725. The molecule has 134 valence electrons. The minimum absolute atomic E-state index is 0.133. The maximum atomic E-state index is 12.8. The monoisotopic (exact) mass is 350 g/mol. The number of aromatic nitrogens is 1. The second kappa shape index (κ2) is 6.75. The van der Waals surface area contributed by atoms with E-state index in [1.165, 1.54) is 16.6 Å². The van der Waals surface area contributed by atoms with Crippen molar-refractivity contribution in [2.45, 2.75) is 19.5 Å². The van der Waals surface area contributed by atoms with Crippen LogP contribution in [0.2, 0.25) is 0 Å². The minimum atomic E-state index is 0.133. The van der Waals surface area contributed by atoms with Gasteiger partial charge in [0.05, 0.1) is 27.2 Å². The third-order valence-corrected chi connectivity index (χ3v) is 5.00. The summed E-state index contributed by atoms with van der Waals surface area (Å²) in [5.74, 6) is 1.46. The molecule has 26 heavy (non-hydrogen) atoms. The van der Waals surface area contributed by atoms with E-state index in [-0.39, 0.29) is 5.91 Å². The van der Waals surface area contributed by atoms with Gasteiger partial charge in [-0.3, -0.25) is 4.79 Å². The highest BCUT2D eigenvalue weighted by atomic mass is 16.5. The molecule has 5 heteroatoms. The van der Waals surface area contributed by atoms with Gasteiger partial charge in [-0.05, 0) is 35.2 Å². The lowest BCUT2D eigenvalue weighted by Crippen LogP contribution is -2.38. The fourth-order valence-corrected chi connectivity index (χ4v) is 3.65. The van der Waals surface area contributed by atoms with Gasteiger partial charge in [-0.1, -0.05) is 24.3 Å². The molecule has 2 aromatic carbocycles. The summed E-state index contributed by atoms with van der Waals surface area (Å²) in [6.07, 6.45) is 0.362. The van der Waals surface area contributed by atoms with Crippen molar-refractivity contribution in [3.63, 3.8) is 0 Å². The molecule has 0 N–H and O–H groups in total. The van der Waals surface area contributed by atoms with Gasteiger partial charge >= 0.3 is 0 Å². The Balaban J connectivity index is 1.51. The van der Waals surface area contributed by atoms with Crippen LogP contribution < -0.4 is 9.47 Å². The first-order valence-electron chi connectivity index (χ1n) is 8.75. The smallest absolute Gasteiger partial charge is 0.227 e. The van der Waals surface area contributed by atoms with Crippen molar-refractivity contribution >= 4 is 16.8 Å². The third kappa shape index (κ3) is 2.90. The molecule has 2 heterocycles. The van der Waals surface area contributed by atoms with Crippen molar-refractivity contribution in [1.82, 2.24) is 9.47 Å². The van der Waals surface area contributed by atoms with Crippen LogP contribution in [0.4, 0.5) is 0 Å². The van der Waals surface area contributed by atoms with E-state index in [1.807, 2.05) is 29.2 Å². The second-order valence-electron chi connectivity index (χ2n) is 6.53. The van der Waals surface area contributed by atoms with Crippen LogP contribution in [-0.4, -0.2) is 36.1 Å². The van der Waals surface area contributed by atoms with Crippen molar-refractivity contribution < 1.29 is 14.3 Å². The molecule has 1 amide bonds. The molecule has 1 aromatic heterocycles. The first-order chi connectivity index (χ1) is 12.7. The standard InChI is InChI=1S/C21H22N2O3/c1-25-19-8-7-15(11-20(19)26-2)12-21(24)22-9-10-23-17(14-22)13-16-5-3-4-6-18(16)23/h3-8,11,13H,9-10,12,14H2,1-2H3. The van der Waals surface area contributed by atoms with E-state index in [0.29, 0.717) is 24.5 Å². The van der Waals surface area contributed by atoms with Crippen molar-refractivity contribution in [2.75, 3.05) is 20.8 Å². The second-order valence-corrected chi connectivity index (χ2v) is 6.53. The average Bonchev–Trinajstić information content (AvgIpc) is 3.05. The van der Waals surface area contributed by atoms with Gasteiger partial charge in [0.15, 0.2) is 11.5 Å². The highest BCUT2D eigenvalue weighted by molar-refractivity contribution is 5.83. The molecule has 0 bridgehead atoms. The van der Waals surface area contributed by atoms with E-state index >= 15 is 0 Å². The first kappa shape index (κ1) is 16.5. The maximum absolute atomic E-state index is 12.8. The van der Waals surface area contributed by atoms with Crippen LogP contribution in [0.1, 0.15) is 11.3 Å². The van der Waals surface area contributed by atoms with Crippen LogP contribution in [0, 0.1) is 0 Å². The first-order valence-corrected chi connectivity index (χ1v) is 8.75. The summed E-state index contributed by atoms with van der Waals surface area (Å²) in [6.45, 7) is 2.22. The van der Waals surface area contributed by atoms with Gasteiger partial charge in [0.2, 0.25) is 5.91 Å². The number of hydrogen-bond donors (Lipinski definition) is 0. The molecule has 4 rings (SSSR count). The normalized spacial score (nSPS) is 13.5. The SMILES string of the molecule is COc1ccc(CC(=O)N2CCn3c(cc4ccccc43)C2)cc1OC. The number of methoxy groups -OCH3 is 2. The van der Waals surface area contributed by atoms with E-state index in [1.54, 1.807) is 14.2 Å². The van der Waals surface area contributed by atoms with Crippen LogP contribution in [0.25, 0.3) is 10.9 Å². The van der Waals surface area contributed by atoms with Gasteiger partial charge in [0, 0.05) is 24.3 Å². The number of fused-ring (bicyclic) bond motifs is 3. The summed E-state index contributed by atoms with van der Waals surface area (Å²) in [6, 6.07) is 16.2. The van der Waals surface area contributed by atoms with Gasteiger partial charge in [-0.2, -0.15) is 0 Å². The Morgan fingerprint density at radius 2 is 1.81 bits per heavy atom. The van der Waals surface area contributed by atoms with E-state index < -0.39 is 0 Å². The van der Waals surface area contributed by atoms with E-state index in [2.05, 4.69) is 28.8 Å². The van der Waals surface area contributed by atoms with Crippen LogP contribution in [0.3, 0.4) is 0 Å². The van der Waals surface area contributed by atoms with E-state index in [9.17, 15) is 4.79 Å². The van der Waals surface area contributed by atoms with E-state index in [0.717, 1.165) is 18.7 Å². The van der Waals surface area contributed by atoms with Crippen molar-refractivity contribution in [3.8, 4) is 11.5 Å². The average molecular weight is 350 g/mol. The van der Waals surface area contributed by atoms with Gasteiger partial charge < -0.3 is 18.9 Å². The molecule has 1 aliphatic heterocycles. The summed E-state index contributed by atoms with van der Waals surface area (Å²) >= 11 is 0. The molecule has 0 saturated heterocycles. The predicted molar refractivity (Wildman–Crippen MR) is 101 cm³/mol. The zero-order valence-electron chi connectivity index (χ0n) is 15.1. The molecule has 0 aliphatic carbocycles. The molecule has 0 saturated carbocycles. The highest BCUT2D eigenvalue weighted by Gasteiger charge is 2.22. The van der Waals surface area contributed by atoms with Gasteiger partial charge in [0.1, 0.15) is 0 Å². The predicted octanol–water partition coefficient (Wildman–Crippen LogP) is 3.24. The van der Waals surface area contributed by atoms with Crippen LogP contribution in [0.15, 0.2) is 48.5 Å². The number of carbonyl (C=O) groups is 1. The molecule has 0 unspecified atom stereocenters. The van der Waals surface area contributed by atoms with Gasteiger partial charge in [-0.25, -0.2) is 0 Å².